The summed E-state index contributed by atoms with van der Waals surface area (Å²) >= 11 is 9.21. The van der Waals surface area contributed by atoms with Crippen LogP contribution in [0.5, 0.6) is 0 Å². The van der Waals surface area contributed by atoms with Crippen LogP contribution in [-0.4, -0.2) is 0 Å². The van der Waals surface area contributed by atoms with Crippen LogP contribution in [0.4, 0.5) is 4.39 Å². The molecule has 0 atom stereocenters. The summed E-state index contributed by atoms with van der Waals surface area (Å²) in [7, 11) is 0. The zero-order chi connectivity index (χ0) is 9.42. The van der Waals surface area contributed by atoms with Gasteiger partial charge in [0.05, 0.1) is 10.6 Å². The van der Waals surface area contributed by atoms with Gasteiger partial charge in [-0.15, -0.1) is 22.9 Å². The highest BCUT2D eigenvalue weighted by Crippen LogP contribution is 2.30. The maximum Gasteiger partial charge on any atom is 0.142 e. The van der Waals surface area contributed by atoms with Crippen LogP contribution in [-0.2, 0) is 5.88 Å². The van der Waals surface area contributed by atoms with Crippen LogP contribution in [0.2, 0.25) is 0 Å². The minimum absolute atomic E-state index is 0.150. The van der Waals surface area contributed by atoms with Gasteiger partial charge >= 0.3 is 0 Å². The maximum atomic E-state index is 13.4. The van der Waals surface area contributed by atoms with Gasteiger partial charge in [-0.3, -0.25) is 0 Å². The Morgan fingerprint density at radius 3 is 2.85 bits per heavy atom. The molecule has 0 spiro atoms. The summed E-state index contributed by atoms with van der Waals surface area (Å²) < 4.78 is 15.0. The summed E-state index contributed by atoms with van der Waals surface area (Å²) in [4.78, 5) is 1.01. The number of alkyl halides is 1. The number of rotatable bonds is 1. The number of hydrogen-bond donors (Lipinski definition) is 0. The SMILES string of the molecule is Fc1cc(I)cc2cc(CCl)sc12. The molecule has 0 aliphatic rings. The van der Waals surface area contributed by atoms with Crippen LogP contribution in [0.15, 0.2) is 18.2 Å². The van der Waals surface area contributed by atoms with E-state index in [1.807, 2.05) is 12.1 Å². The maximum absolute atomic E-state index is 13.4. The quantitative estimate of drug-likeness (QED) is 0.539. The molecule has 0 saturated heterocycles. The molecule has 1 aromatic heterocycles. The topological polar surface area (TPSA) is 0 Å². The molecule has 0 unspecified atom stereocenters. The normalized spacial score (nSPS) is 11.0. The van der Waals surface area contributed by atoms with Crippen LogP contribution in [0, 0.1) is 9.39 Å². The summed E-state index contributed by atoms with van der Waals surface area (Å²) in [6, 6.07) is 5.45. The van der Waals surface area contributed by atoms with Crippen molar-refractivity contribution in [3.63, 3.8) is 0 Å². The van der Waals surface area contributed by atoms with Crippen LogP contribution in [0.3, 0.4) is 0 Å². The molecule has 0 nitrogen and oxygen atoms in total. The van der Waals surface area contributed by atoms with E-state index < -0.39 is 0 Å². The molecule has 0 amide bonds. The monoisotopic (exact) mass is 326 g/mol. The molecule has 13 heavy (non-hydrogen) atoms. The van der Waals surface area contributed by atoms with E-state index in [-0.39, 0.29) is 5.82 Å². The first-order valence-electron chi connectivity index (χ1n) is 3.64. The van der Waals surface area contributed by atoms with Gasteiger partial charge in [0, 0.05) is 8.45 Å². The van der Waals surface area contributed by atoms with E-state index in [2.05, 4.69) is 22.6 Å². The molecule has 4 heteroatoms. The Morgan fingerprint density at radius 1 is 1.38 bits per heavy atom. The van der Waals surface area contributed by atoms with E-state index in [4.69, 9.17) is 11.6 Å². The van der Waals surface area contributed by atoms with E-state index in [9.17, 15) is 4.39 Å². The first kappa shape index (κ1) is 9.68. The zero-order valence-corrected chi connectivity index (χ0v) is 10.2. The van der Waals surface area contributed by atoms with E-state index >= 15 is 0 Å². The Labute approximate surface area is 97.8 Å². The largest absolute Gasteiger partial charge is 0.205 e. The summed E-state index contributed by atoms with van der Waals surface area (Å²) in [6.07, 6.45) is 0. The number of halogens is 3. The summed E-state index contributed by atoms with van der Waals surface area (Å²) in [5, 5.41) is 0.949. The van der Waals surface area contributed by atoms with Crippen molar-refractivity contribution in [3.8, 4) is 0 Å². The molecule has 0 N–H and O–H groups in total. The molecule has 0 aliphatic heterocycles. The van der Waals surface area contributed by atoms with Crippen molar-refractivity contribution < 1.29 is 4.39 Å². The van der Waals surface area contributed by atoms with Crippen LogP contribution >= 0.6 is 45.5 Å². The molecule has 68 valence electrons. The fourth-order valence-corrected chi connectivity index (χ4v) is 2.94. The van der Waals surface area contributed by atoms with E-state index in [0.717, 1.165) is 13.8 Å². The molecule has 1 heterocycles. The summed E-state index contributed by atoms with van der Waals surface area (Å²) in [5.41, 5.74) is 0. The summed E-state index contributed by atoms with van der Waals surface area (Å²) in [6.45, 7) is 0. The standard InChI is InChI=1S/C9H5ClFIS/c10-4-7-2-5-1-6(12)3-8(11)9(5)13-7/h1-3H,4H2. The smallest absolute Gasteiger partial charge is 0.142 e. The molecule has 0 saturated carbocycles. The molecular formula is C9H5ClFIS. The lowest BCUT2D eigenvalue weighted by Crippen LogP contribution is -1.75. The van der Waals surface area contributed by atoms with Crippen molar-refractivity contribution in [2.45, 2.75) is 5.88 Å². The number of fused-ring (bicyclic) bond motifs is 1. The lowest BCUT2D eigenvalue weighted by atomic mass is 10.2. The van der Waals surface area contributed by atoms with Gasteiger partial charge in [-0.05, 0) is 46.2 Å². The van der Waals surface area contributed by atoms with Crippen molar-refractivity contribution >= 4 is 55.6 Å². The van der Waals surface area contributed by atoms with Gasteiger partial charge in [-0.25, -0.2) is 4.39 Å². The van der Waals surface area contributed by atoms with E-state index in [1.54, 1.807) is 0 Å². The van der Waals surface area contributed by atoms with Gasteiger partial charge in [0.15, 0.2) is 0 Å². The van der Waals surface area contributed by atoms with Crippen LogP contribution < -0.4 is 0 Å². The first-order valence-corrected chi connectivity index (χ1v) is 6.07. The molecule has 0 bridgehead atoms. The Balaban J connectivity index is 2.75. The third-order valence-electron chi connectivity index (χ3n) is 1.72. The molecule has 2 rings (SSSR count). The highest BCUT2D eigenvalue weighted by Gasteiger charge is 2.06. The number of hydrogen-bond acceptors (Lipinski definition) is 1. The Hall–Kier alpha value is 0.130. The van der Waals surface area contributed by atoms with Gasteiger partial charge in [-0.1, -0.05) is 0 Å². The molecule has 0 radical (unpaired) electrons. The van der Waals surface area contributed by atoms with Crippen molar-refractivity contribution in [3.05, 3.63) is 32.5 Å². The van der Waals surface area contributed by atoms with Gasteiger partial charge in [-0.2, -0.15) is 0 Å². The van der Waals surface area contributed by atoms with Gasteiger partial charge < -0.3 is 0 Å². The Morgan fingerprint density at radius 2 is 2.15 bits per heavy atom. The van der Waals surface area contributed by atoms with Crippen LogP contribution in [0.1, 0.15) is 4.88 Å². The van der Waals surface area contributed by atoms with Crippen molar-refractivity contribution in [2.75, 3.05) is 0 Å². The summed E-state index contributed by atoms with van der Waals surface area (Å²) in [5.74, 6) is 0.304. The first-order chi connectivity index (χ1) is 6.20. The van der Waals surface area contributed by atoms with Crippen molar-refractivity contribution in [1.82, 2.24) is 0 Å². The lowest BCUT2D eigenvalue weighted by molar-refractivity contribution is 0.641. The average Bonchev–Trinajstić information content (AvgIpc) is 2.47. The molecule has 2 aromatic rings. The van der Waals surface area contributed by atoms with E-state index in [0.29, 0.717) is 10.6 Å². The van der Waals surface area contributed by atoms with Crippen molar-refractivity contribution in [2.24, 2.45) is 0 Å². The highest BCUT2D eigenvalue weighted by atomic mass is 127. The highest BCUT2D eigenvalue weighted by molar-refractivity contribution is 14.1. The Bertz CT molecular complexity index is 452. The number of thiophene rings is 1. The average molecular weight is 327 g/mol. The predicted molar refractivity (Wildman–Crippen MR) is 64.1 cm³/mol. The fourth-order valence-electron chi connectivity index (χ4n) is 1.20. The molecule has 0 fully saturated rings. The predicted octanol–water partition coefficient (Wildman–Crippen LogP) is 4.38. The van der Waals surface area contributed by atoms with Gasteiger partial charge in [0.25, 0.3) is 0 Å². The second-order valence-corrected chi connectivity index (χ2v) is 5.30. The fraction of sp³-hybridized carbons (Fsp3) is 0.111. The van der Waals surface area contributed by atoms with Gasteiger partial charge in [0.2, 0.25) is 0 Å². The third kappa shape index (κ3) is 1.82. The molecule has 1 aromatic carbocycles. The number of benzene rings is 1. The Kier molecular flexibility index (Phi) is 2.76. The lowest BCUT2D eigenvalue weighted by Gasteiger charge is -1.92. The molecule has 0 aliphatic carbocycles. The van der Waals surface area contributed by atoms with E-state index in [1.165, 1.54) is 17.4 Å². The third-order valence-corrected chi connectivity index (χ3v) is 3.95. The van der Waals surface area contributed by atoms with Crippen LogP contribution in [0.25, 0.3) is 10.1 Å². The second kappa shape index (κ2) is 3.71. The van der Waals surface area contributed by atoms with Gasteiger partial charge in [0.1, 0.15) is 5.82 Å². The minimum atomic E-state index is -0.150. The zero-order valence-electron chi connectivity index (χ0n) is 6.48. The second-order valence-electron chi connectivity index (χ2n) is 2.65. The van der Waals surface area contributed by atoms with Crippen molar-refractivity contribution in [1.29, 1.82) is 0 Å². The molecular weight excluding hydrogens is 322 g/mol. The minimum Gasteiger partial charge on any atom is -0.205 e.